The summed E-state index contributed by atoms with van der Waals surface area (Å²) in [6, 6.07) is 17.3. The van der Waals surface area contributed by atoms with Gasteiger partial charge in [-0.2, -0.15) is 0 Å². The van der Waals surface area contributed by atoms with E-state index in [0.29, 0.717) is 6.54 Å². The maximum Gasteiger partial charge on any atom is 0.0208 e. The quantitative estimate of drug-likeness (QED) is 0.615. The fraction of sp³-hybridized carbons (Fsp3) is 0.400. The van der Waals surface area contributed by atoms with Gasteiger partial charge in [0.05, 0.1) is 0 Å². The Kier molecular flexibility index (Phi) is 9.03. The molecule has 3 N–H and O–H groups in total. The second kappa shape index (κ2) is 11.0. The molecule has 1 aliphatic rings. The van der Waals surface area contributed by atoms with E-state index >= 15 is 0 Å². The highest BCUT2D eigenvalue weighted by Crippen LogP contribution is 2.18. The molecular formula is C20H26Br2N2. The molecule has 0 amide bonds. The summed E-state index contributed by atoms with van der Waals surface area (Å²) in [5, 5.41) is 3.64. The van der Waals surface area contributed by atoms with Crippen molar-refractivity contribution in [2.24, 2.45) is 5.73 Å². The van der Waals surface area contributed by atoms with Gasteiger partial charge >= 0.3 is 0 Å². The minimum atomic E-state index is 0.618. The molecule has 0 heterocycles. The molecule has 0 bridgehead atoms. The van der Waals surface area contributed by atoms with Crippen LogP contribution < -0.4 is 11.1 Å². The van der Waals surface area contributed by atoms with E-state index in [1.807, 2.05) is 24.3 Å². The molecule has 2 aromatic carbocycles. The number of halogens is 2. The lowest BCUT2D eigenvalue weighted by Crippen LogP contribution is -2.30. The molecule has 24 heavy (non-hydrogen) atoms. The third-order valence-corrected chi connectivity index (χ3v) is 5.32. The summed E-state index contributed by atoms with van der Waals surface area (Å²) >= 11 is 6.79. The normalized spacial score (nSPS) is 14.8. The summed E-state index contributed by atoms with van der Waals surface area (Å²) in [5.41, 5.74) is 7.93. The van der Waals surface area contributed by atoms with E-state index in [9.17, 15) is 0 Å². The lowest BCUT2D eigenvalue weighted by molar-refractivity contribution is 0.372. The van der Waals surface area contributed by atoms with E-state index in [-0.39, 0.29) is 0 Å². The summed E-state index contributed by atoms with van der Waals surface area (Å²) in [4.78, 5) is 0. The maximum atomic E-state index is 5.38. The minimum absolute atomic E-state index is 0.618. The molecule has 0 spiro atoms. The zero-order chi connectivity index (χ0) is 17.2. The summed E-state index contributed by atoms with van der Waals surface area (Å²) in [5.74, 6) is 0. The van der Waals surface area contributed by atoms with Gasteiger partial charge < -0.3 is 11.1 Å². The first kappa shape index (κ1) is 19.6. The first-order valence-corrected chi connectivity index (χ1v) is 10.2. The van der Waals surface area contributed by atoms with Crippen LogP contribution in [0, 0.1) is 0 Å². The van der Waals surface area contributed by atoms with Crippen LogP contribution in [-0.4, -0.2) is 6.04 Å². The molecule has 2 aromatic rings. The Morgan fingerprint density at radius 3 is 1.79 bits per heavy atom. The van der Waals surface area contributed by atoms with Crippen molar-refractivity contribution in [3.8, 4) is 0 Å². The minimum Gasteiger partial charge on any atom is -0.326 e. The van der Waals surface area contributed by atoms with Gasteiger partial charge in [0.25, 0.3) is 0 Å². The van der Waals surface area contributed by atoms with Crippen LogP contribution in [-0.2, 0) is 13.1 Å². The molecule has 0 aromatic heterocycles. The van der Waals surface area contributed by atoms with Gasteiger partial charge in [-0.25, -0.2) is 0 Å². The Hall–Kier alpha value is -0.680. The van der Waals surface area contributed by atoms with Gasteiger partial charge in [0.15, 0.2) is 0 Å². The monoisotopic (exact) mass is 452 g/mol. The first-order chi connectivity index (χ1) is 11.7. The van der Waals surface area contributed by atoms with E-state index in [1.54, 1.807) is 0 Å². The van der Waals surface area contributed by atoms with E-state index in [1.165, 1.54) is 43.2 Å². The first-order valence-electron chi connectivity index (χ1n) is 8.59. The molecule has 4 heteroatoms. The second-order valence-corrected chi connectivity index (χ2v) is 8.00. The van der Waals surface area contributed by atoms with Gasteiger partial charge in [0.1, 0.15) is 0 Å². The van der Waals surface area contributed by atoms with Crippen molar-refractivity contribution in [2.45, 2.75) is 51.2 Å². The molecule has 0 aliphatic heterocycles. The molecule has 1 saturated carbocycles. The Morgan fingerprint density at radius 1 is 0.792 bits per heavy atom. The molecular weight excluding hydrogens is 428 g/mol. The van der Waals surface area contributed by atoms with Crippen molar-refractivity contribution in [1.29, 1.82) is 0 Å². The smallest absolute Gasteiger partial charge is 0.0208 e. The number of nitrogens with two attached hydrogens (primary N) is 1. The summed E-state index contributed by atoms with van der Waals surface area (Å²) < 4.78 is 2.25. The Bertz CT molecular complexity index is 576. The molecule has 0 radical (unpaired) electrons. The molecule has 0 unspecified atom stereocenters. The van der Waals surface area contributed by atoms with Crippen LogP contribution in [0.15, 0.2) is 57.5 Å². The average molecular weight is 454 g/mol. The highest BCUT2D eigenvalue weighted by atomic mass is 79.9. The van der Waals surface area contributed by atoms with Crippen LogP contribution in [0.2, 0.25) is 0 Å². The highest BCUT2D eigenvalue weighted by Gasteiger charge is 2.11. The Morgan fingerprint density at radius 2 is 1.29 bits per heavy atom. The predicted octanol–water partition coefficient (Wildman–Crippen LogP) is 5.78. The third-order valence-electron chi connectivity index (χ3n) is 4.26. The molecule has 1 fully saturated rings. The van der Waals surface area contributed by atoms with Crippen LogP contribution in [0.25, 0.3) is 0 Å². The van der Waals surface area contributed by atoms with Crippen molar-refractivity contribution in [1.82, 2.24) is 5.32 Å². The van der Waals surface area contributed by atoms with Crippen LogP contribution in [0.1, 0.15) is 43.2 Å². The standard InChI is InChI=1S/C13H18BrN.C7H8BrN/c14-12-8-6-11(7-9-12)10-15-13-4-2-1-3-5-13;8-7-3-1-6(5-9)2-4-7/h6-9,13,15H,1-5,10H2;1-4H,5,9H2. The van der Waals surface area contributed by atoms with Crippen LogP contribution in [0.3, 0.4) is 0 Å². The van der Waals surface area contributed by atoms with Crippen molar-refractivity contribution in [3.05, 3.63) is 68.6 Å². The summed E-state index contributed by atoms with van der Waals surface area (Å²) in [6.07, 6.45) is 6.94. The Labute approximate surface area is 162 Å². The van der Waals surface area contributed by atoms with Crippen molar-refractivity contribution in [3.63, 3.8) is 0 Å². The molecule has 3 rings (SSSR count). The van der Waals surface area contributed by atoms with Gasteiger partial charge in [0, 0.05) is 28.1 Å². The molecule has 1 aliphatic carbocycles. The number of hydrogen-bond donors (Lipinski definition) is 2. The lowest BCUT2D eigenvalue weighted by atomic mass is 9.95. The summed E-state index contributed by atoms with van der Waals surface area (Å²) in [6.45, 7) is 1.63. The van der Waals surface area contributed by atoms with Crippen molar-refractivity contribution >= 4 is 31.9 Å². The van der Waals surface area contributed by atoms with Crippen molar-refractivity contribution < 1.29 is 0 Å². The zero-order valence-corrected chi connectivity index (χ0v) is 17.2. The molecule has 0 saturated heterocycles. The fourth-order valence-electron chi connectivity index (χ4n) is 2.79. The van der Waals surface area contributed by atoms with Gasteiger partial charge in [-0.15, -0.1) is 0 Å². The topological polar surface area (TPSA) is 38.0 Å². The van der Waals surface area contributed by atoms with E-state index in [2.05, 4.69) is 61.4 Å². The van der Waals surface area contributed by atoms with E-state index in [0.717, 1.165) is 21.5 Å². The Balaban J connectivity index is 0.000000198. The largest absolute Gasteiger partial charge is 0.326 e. The zero-order valence-electron chi connectivity index (χ0n) is 14.0. The van der Waals surface area contributed by atoms with Gasteiger partial charge in [-0.1, -0.05) is 75.4 Å². The lowest BCUT2D eigenvalue weighted by Gasteiger charge is -2.22. The van der Waals surface area contributed by atoms with Crippen LogP contribution in [0.5, 0.6) is 0 Å². The number of hydrogen-bond acceptors (Lipinski definition) is 2. The SMILES string of the molecule is Brc1ccc(CNC2CCCCC2)cc1.NCc1ccc(Br)cc1. The fourth-order valence-corrected chi connectivity index (χ4v) is 3.32. The molecule has 0 atom stereocenters. The van der Waals surface area contributed by atoms with E-state index in [4.69, 9.17) is 5.73 Å². The summed E-state index contributed by atoms with van der Waals surface area (Å²) in [7, 11) is 0. The molecule has 130 valence electrons. The second-order valence-electron chi connectivity index (χ2n) is 6.17. The van der Waals surface area contributed by atoms with Gasteiger partial charge in [-0.05, 0) is 48.2 Å². The maximum absolute atomic E-state index is 5.38. The van der Waals surface area contributed by atoms with Gasteiger partial charge in [-0.3, -0.25) is 0 Å². The number of benzene rings is 2. The number of rotatable bonds is 4. The van der Waals surface area contributed by atoms with E-state index < -0.39 is 0 Å². The predicted molar refractivity (Wildman–Crippen MR) is 110 cm³/mol. The van der Waals surface area contributed by atoms with Crippen LogP contribution in [0.4, 0.5) is 0 Å². The van der Waals surface area contributed by atoms with Crippen molar-refractivity contribution in [2.75, 3.05) is 0 Å². The molecule has 2 nitrogen and oxygen atoms in total. The number of nitrogens with one attached hydrogen (secondary N) is 1. The average Bonchev–Trinajstić information content (AvgIpc) is 2.63. The highest BCUT2D eigenvalue weighted by molar-refractivity contribution is 9.10. The van der Waals surface area contributed by atoms with Crippen LogP contribution >= 0.6 is 31.9 Å². The third kappa shape index (κ3) is 7.47. The van der Waals surface area contributed by atoms with Gasteiger partial charge in [0.2, 0.25) is 0 Å².